The molecule has 1 N–H and O–H groups in total. The molecule has 2 aromatic rings. The molecular formula is C21H25N3O3S. The summed E-state index contributed by atoms with van der Waals surface area (Å²) in [5, 5.41) is 4.64. The number of nitrogens with zero attached hydrogens (tertiary/aromatic N) is 2. The van der Waals surface area contributed by atoms with Gasteiger partial charge in [-0.25, -0.2) is 0 Å². The molecular weight excluding hydrogens is 374 g/mol. The van der Waals surface area contributed by atoms with E-state index in [0.717, 1.165) is 29.3 Å². The summed E-state index contributed by atoms with van der Waals surface area (Å²) in [5.74, 6) is 0.436. The lowest BCUT2D eigenvalue weighted by molar-refractivity contribution is -0.129. The summed E-state index contributed by atoms with van der Waals surface area (Å²) in [5.41, 5.74) is 1.36. The molecule has 7 heteroatoms. The minimum Gasteiger partial charge on any atom is -0.495 e. The zero-order valence-corrected chi connectivity index (χ0v) is 17.0. The van der Waals surface area contributed by atoms with Gasteiger partial charge in [0, 0.05) is 38.0 Å². The molecule has 6 nitrogen and oxygen atoms in total. The molecule has 1 aliphatic heterocycles. The lowest BCUT2D eigenvalue weighted by atomic mass is 10.2. The number of hydrogen-bond donors (Lipinski definition) is 1. The highest BCUT2D eigenvalue weighted by Gasteiger charge is 2.24. The molecule has 2 amide bonds. The Labute approximate surface area is 169 Å². The van der Waals surface area contributed by atoms with Crippen molar-refractivity contribution in [3.8, 4) is 5.75 Å². The average molecular weight is 400 g/mol. The summed E-state index contributed by atoms with van der Waals surface area (Å²) in [7, 11) is 1.67. The monoisotopic (exact) mass is 399 g/mol. The van der Waals surface area contributed by atoms with Gasteiger partial charge in [-0.05, 0) is 36.1 Å². The van der Waals surface area contributed by atoms with E-state index in [4.69, 9.17) is 4.74 Å². The van der Waals surface area contributed by atoms with E-state index in [1.165, 1.54) is 18.3 Å². The van der Waals surface area contributed by atoms with Gasteiger partial charge in [0.05, 0.1) is 12.8 Å². The Balaban J connectivity index is 1.74. The lowest BCUT2D eigenvalue weighted by Gasteiger charge is -2.25. The minimum absolute atomic E-state index is 0.148. The first-order valence-corrected chi connectivity index (χ1v) is 10.2. The van der Waals surface area contributed by atoms with E-state index in [2.05, 4.69) is 10.2 Å². The molecule has 1 aromatic heterocycles. The summed E-state index contributed by atoms with van der Waals surface area (Å²) < 4.78 is 5.48. The average Bonchev–Trinajstić information content (AvgIpc) is 3.08. The Hall–Kier alpha value is -2.80. The smallest absolute Gasteiger partial charge is 0.270 e. The first kappa shape index (κ1) is 19.9. The van der Waals surface area contributed by atoms with Crippen LogP contribution in [0.25, 0.3) is 6.08 Å². The van der Waals surface area contributed by atoms with E-state index in [0.29, 0.717) is 25.3 Å². The summed E-state index contributed by atoms with van der Waals surface area (Å²) in [6.45, 7) is 4.19. The number of ether oxygens (including phenoxy) is 1. The minimum atomic E-state index is -0.248. The molecule has 0 aliphatic carbocycles. The Morgan fingerprint density at radius 2 is 1.93 bits per heavy atom. The highest BCUT2D eigenvalue weighted by molar-refractivity contribution is 7.10. The van der Waals surface area contributed by atoms with Crippen molar-refractivity contribution in [2.75, 3.05) is 38.2 Å². The van der Waals surface area contributed by atoms with Crippen molar-refractivity contribution >= 4 is 34.9 Å². The van der Waals surface area contributed by atoms with Gasteiger partial charge >= 0.3 is 0 Å². The highest BCUT2D eigenvalue weighted by Crippen LogP contribution is 2.28. The Kier molecular flexibility index (Phi) is 6.71. The van der Waals surface area contributed by atoms with Gasteiger partial charge in [0.2, 0.25) is 5.91 Å². The summed E-state index contributed by atoms with van der Waals surface area (Å²) >= 11 is 1.53. The van der Waals surface area contributed by atoms with Gasteiger partial charge in [0.15, 0.2) is 0 Å². The number of anilines is 1. The number of carbonyl (C=O) groups excluding carboxylic acids is 2. The summed E-state index contributed by atoms with van der Waals surface area (Å²) in [6, 6.07) is 11.8. The maximum atomic E-state index is 13.1. The van der Waals surface area contributed by atoms with Gasteiger partial charge < -0.3 is 19.9 Å². The van der Waals surface area contributed by atoms with Crippen LogP contribution in [0.5, 0.6) is 5.75 Å². The molecule has 148 valence electrons. The maximum absolute atomic E-state index is 13.1. The molecule has 0 spiro atoms. The standard InChI is InChI=1S/C21H25N3O3S/c1-16(25)22-18(15-17-7-5-14-28-17)21(26)24-11-6-10-23(12-13-24)19-8-3-4-9-20(19)27-2/h3-5,7-9,14-15H,6,10-13H2,1-2H3,(H,22,25)/b18-15+. The van der Waals surface area contributed by atoms with Crippen molar-refractivity contribution in [2.45, 2.75) is 13.3 Å². The van der Waals surface area contributed by atoms with Gasteiger partial charge in [-0.15, -0.1) is 11.3 Å². The van der Waals surface area contributed by atoms with Crippen LogP contribution in [0, 0.1) is 0 Å². The normalized spacial score (nSPS) is 15.1. The third-order valence-electron chi connectivity index (χ3n) is 4.58. The van der Waals surface area contributed by atoms with Crippen LogP contribution in [0.15, 0.2) is 47.5 Å². The fourth-order valence-corrected chi connectivity index (χ4v) is 3.94. The van der Waals surface area contributed by atoms with Crippen LogP contribution in [0.4, 0.5) is 5.69 Å². The lowest BCUT2D eigenvalue weighted by Crippen LogP contribution is -2.40. The maximum Gasteiger partial charge on any atom is 0.270 e. The number of rotatable bonds is 5. The number of thiophene rings is 1. The highest BCUT2D eigenvalue weighted by atomic mass is 32.1. The number of methoxy groups -OCH3 is 1. The van der Waals surface area contributed by atoms with Gasteiger partial charge in [-0.2, -0.15) is 0 Å². The van der Waals surface area contributed by atoms with Crippen molar-refractivity contribution in [1.82, 2.24) is 10.2 Å². The van der Waals surface area contributed by atoms with E-state index >= 15 is 0 Å². The molecule has 0 radical (unpaired) electrons. The molecule has 3 rings (SSSR count). The molecule has 0 saturated carbocycles. The number of hydrogen-bond acceptors (Lipinski definition) is 5. The predicted octanol–water partition coefficient (Wildman–Crippen LogP) is 2.97. The molecule has 0 unspecified atom stereocenters. The molecule has 1 aromatic carbocycles. The van der Waals surface area contributed by atoms with Crippen LogP contribution >= 0.6 is 11.3 Å². The Bertz CT molecular complexity index is 848. The first-order valence-electron chi connectivity index (χ1n) is 9.28. The van der Waals surface area contributed by atoms with Crippen molar-refractivity contribution in [2.24, 2.45) is 0 Å². The predicted molar refractivity (Wildman–Crippen MR) is 113 cm³/mol. The zero-order valence-electron chi connectivity index (χ0n) is 16.2. The van der Waals surface area contributed by atoms with Crippen LogP contribution in [-0.2, 0) is 9.59 Å². The number of para-hydroxylation sites is 2. The van der Waals surface area contributed by atoms with E-state index in [9.17, 15) is 9.59 Å². The van der Waals surface area contributed by atoms with Crippen molar-refractivity contribution in [3.05, 3.63) is 52.4 Å². The van der Waals surface area contributed by atoms with Gasteiger partial charge in [0.1, 0.15) is 11.4 Å². The molecule has 28 heavy (non-hydrogen) atoms. The van der Waals surface area contributed by atoms with E-state index in [1.807, 2.05) is 46.7 Å². The van der Waals surface area contributed by atoms with Crippen molar-refractivity contribution in [3.63, 3.8) is 0 Å². The second kappa shape index (κ2) is 9.41. The molecule has 0 bridgehead atoms. The quantitative estimate of drug-likeness (QED) is 0.786. The van der Waals surface area contributed by atoms with Crippen molar-refractivity contribution in [1.29, 1.82) is 0 Å². The SMILES string of the molecule is COc1ccccc1N1CCCN(C(=O)/C(=C\c2cccs2)NC(C)=O)CC1. The molecule has 2 heterocycles. The van der Waals surface area contributed by atoms with Crippen LogP contribution < -0.4 is 15.0 Å². The zero-order chi connectivity index (χ0) is 19.9. The second-order valence-electron chi connectivity index (χ2n) is 6.56. The first-order chi connectivity index (χ1) is 13.6. The van der Waals surface area contributed by atoms with Gasteiger partial charge in [-0.1, -0.05) is 18.2 Å². The van der Waals surface area contributed by atoms with Crippen LogP contribution in [0.1, 0.15) is 18.2 Å². The summed E-state index contributed by atoms with van der Waals surface area (Å²) in [4.78, 5) is 29.7. The van der Waals surface area contributed by atoms with E-state index in [1.54, 1.807) is 13.2 Å². The van der Waals surface area contributed by atoms with Gasteiger partial charge in [0.25, 0.3) is 5.91 Å². The number of benzene rings is 1. The fourth-order valence-electron chi connectivity index (χ4n) is 3.28. The Morgan fingerprint density at radius 1 is 1.11 bits per heavy atom. The molecule has 0 atom stereocenters. The third kappa shape index (κ3) is 4.92. The number of nitrogens with one attached hydrogen (secondary N) is 1. The topological polar surface area (TPSA) is 61.9 Å². The molecule has 1 fully saturated rings. The van der Waals surface area contributed by atoms with E-state index < -0.39 is 0 Å². The van der Waals surface area contributed by atoms with Crippen LogP contribution in [0.2, 0.25) is 0 Å². The summed E-state index contributed by atoms with van der Waals surface area (Å²) in [6.07, 6.45) is 2.59. The molecule has 1 aliphatic rings. The van der Waals surface area contributed by atoms with Crippen molar-refractivity contribution < 1.29 is 14.3 Å². The largest absolute Gasteiger partial charge is 0.495 e. The fraction of sp³-hybridized carbons (Fsp3) is 0.333. The van der Waals surface area contributed by atoms with Crippen LogP contribution in [0.3, 0.4) is 0 Å². The number of carbonyl (C=O) groups is 2. The Morgan fingerprint density at radius 3 is 2.64 bits per heavy atom. The second-order valence-corrected chi connectivity index (χ2v) is 7.54. The third-order valence-corrected chi connectivity index (χ3v) is 5.40. The van der Waals surface area contributed by atoms with Gasteiger partial charge in [-0.3, -0.25) is 9.59 Å². The van der Waals surface area contributed by atoms with Crippen LogP contribution in [-0.4, -0.2) is 50.0 Å². The number of amides is 2. The molecule has 1 saturated heterocycles. The van der Waals surface area contributed by atoms with E-state index in [-0.39, 0.29) is 11.8 Å².